The molecule has 0 unspecified atom stereocenters. The van der Waals surface area contributed by atoms with Crippen LogP contribution in [0.25, 0.3) is 0 Å². The van der Waals surface area contributed by atoms with E-state index < -0.39 is 5.54 Å². The van der Waals surface area contributed by atoms with Crippen LogP contribution in [0.3, 0.4) is 0 Å². The fourth-order valence-corrected chi connectivity index (χ4v) is 3.08. The van der Waals surface area contributed by atoms with E-state index in [2.05, 4.69) is 12.2 Å². The quantitative estimate of drug-likeness (QED) is 0.750. The maximum atomic E-state index is 12.7. The predicted molar refractivity (Wildman–Crippen MR) is 76.3 cm³/mol. The lowest BCUT2D eigenvalue weighted by Crippen LogP contribution is -2.55. The van der Waals surface area contributed by atoms with Crippen LogP contribution in [-0.4, -0.2) is 48.6 Å². The van der Waals surface area contributed by atoms with Crippen LogP contribution < -0.4 is 5.32 Å². The Balaban J connectivity index is 1.90. The first kappa shape index (κ1) is 15.3. The van der Waals surface area contributed by atoms with Crippen molar-refractivity contribution in [2.45, 2.75) is 57.4 Å². The fraction of sp³-hybridized carbons (Fsp3) is 0.867. The van der Waals surface area contributed by atoms with E-state index in [4.69, 9.17) is 4.74 Å². The molecule has 0 aromatic heterocycles. The van der Waals surface area contributed by atoms with Crippen LogP contribution in [0.15, 0.2) is 0 Å². The molecule has 1 spiro atoms. The van der Waals surface area contributed by atoms with Crippen molar-refractivity contribution in [3.05, 3.63) is 0 Å². The van der Waals surface area contributed by atoms with Crippen molar-refractivity contribution in [2.75, 3.05) is 26.3 Å². The number of nitrogens with one attached hydrogen (secondary N) is 1. The maximum Gasteiger partial charge on any atom is 0.248 e. The minimum absolute atomic E-state index is 0.00894. The molecule has 2 amide bonds. The molecule has 1 aliphatic carbocycles. The molecule has 114 valence electrons. The van der Waals surface area contributed by atoms with Crippen LogP contribution in [0, 0.1) is 0 Å². The van der Waals surface area contributed by atoms with Crippen LogP contribution in [-0.2, 0) is 14.3 Å². The Labute approximate surface area is 121 Å². The van der Waals surface area contributed by atoms with Crippen LogP contribution in [0.1, 0.15) is 51.9 Å². The van der Waals surface area contributed by atoms with Crippen LogP contribution >= 0.6 is 0 Å². The number of unbranched alkanes of at least 4 members (excludes halogenated alkanes) is 1. The summed E-state index contributed by atoms with van der Waals surface area (Å²) < 4.78 is 5.54. The van der Waals surface area contributed by atoms with Crippen LogP contribution in [0.4, 0.5) is 0 Å². The molecule has 1 heterocycles. The highest BCUT2D eigenvalue weighted by molar-refractivity contribution is 5.93. The molecule has 0 bridgehead atoms. The van der Waals surface area contributed by atoms with Crippen molar-refractivity contribution in [2.24, 2.45) is 0 Å². The normalized spacial score (nSPS) is 22.1. The maximum absolute atomic E-state index is 12.7. The van der Waals surface area contributed by atoms with Gasteiger partial charge in [0.15, 0.2) is 0 Å². The second-order valence-electron chi connectivity index (χ2n) is 5.85. The van der Waals surface area contributed by atoms with Gasteiger partial charge in [0.2, 0.25) is 11.8 Å². The lowest BCUT2D eigenvalue weighted by molar-refractivity contribution is -0.139. The number of carbonyl (C=O) groups is 2. The second kappa shape index (κ2) is 7.07. The Morgan fingerprint density at radius 1 is 1.25 bits per heavy atom. The van der Waals surface area contributed by atoms with Gasteiger partial charge >= 0.3 is 0 Å². The van der Waals surface area contributed by atoms with Crippen LogP contribution in [0.5, 0.6) is 0 Å². The third kappa shape index (κ3) is 3.51. The monoisotopic (exact) mass is 282 g/mol. The average molecular weight is 282 g/mol. The first-order valence-corrected chi connectivity index (χ1v) is 7.86. The summed E-state index contributed by atoms with van der Waals surface area (Å²) in [7, 11) is 0. The minimum atomic E-state index is -0.614. The SMILES string of the molecule is CCCCOCCN1CCC(=O)NC2(CCCC2)C1=O. The summed E-state index contributed by atoms with van der Waals surface area (Å²) in [4.78, 5) is 26.3. The van der Waals surface area contributed by atoms with E-state index in [0.717, 1.165) is 45.1 Å². The van der Waals surface area contributed by atoms with Gasteiger partial charge in [-0.25, -0.2) is 0 Å². The van der Waals surface area contributed by atoms with Gasteiger partial charge in [-0.2, -0.15) is 0 Å². The molecule has 1 saturated heterocycles. The van der Waals surface area contributed by atoms with Gasteiger partial charge in [0, 0.05) is 26.1 Å². The van der Waals surface area contributed by atoms with E-state index in [0.29, 0.717) is 26.1 Å². The van der Waals surface area contributed by atoms with Gasteiger partial charge in [0.1, 0.15) is 5.54 Å². The molecule has 1 saturated carbocycles. The summed E-state index contributed by atoms with van der Waals surface area (Å²) in [5.41, 5.74) is -0.614. The summed E-state index contributed by atoms with van der Waals surface area (Å²) in [5, 5.41) is 2.97. The van der Waals surface area contributed by atoms with Crippen LogP contribution in [0.2, 0.25) is 0 Å². The third-order valence-corrected chi connectivity index (χ3v) is 4.29. The highest BCUT2D eigenvalue weighted by Crippen LogP contribution is 2.32. The molecular formula is C15H26N2O3. The molecule has 0 aromatic rings. The Morgan fingerprint density at radius 2 is 2.00 bits per heavy atom. The molecule has 5 nitrogen and oxygen atoms in total. The molecule has 2 fully saturated rings. The number of ether oxygens (including phenoxy) is 1. The van der Waals surface area contributed by atoms with Gasteiger partial charge in [-0.3, -0.25) is 9.59 Å². The average Bonchev–Trinajstić information content (AvgIpc) is 2.86. The van der Waals surface area contributed by atoms with Gasteiger partial charge < -0.3 is 15.0 Å². The lowest BCUT2D eigenvalue weighted by Gasteiger charge is -2.31. The van der Waals surface area contributed by atoms with Gasteiger partial charge in [0.05, 0.1) is 6.61 Å². The van der Waals surface area contributed by atoms with Gasteiger partial charge in [0.25, 0.3) is 0 Å². The number of hydrogen-bond acceptors (Lipinski definition) is 3. The standard InChI is InChI=1S/C15H26N2O3/c1-2-3-11-20-12-10-17-9-6-13(18)16-15(14(17)19)7-4-5-8-15/h2-12H2,1H3,(H,16,18). The summed E-state index contributed by atoms with van der Waals surface area (Å²) >= 11 is 0. The first-order valence-electron chi connectivity index (χ1n) is 7.86. The zero-order chi connectivity index (χ0) is 14.4. The highest BCUT2D eigenvalue weighted by Gasteiger charge is 2.46. The van der Waals surface area contributed by atoms with Crippen molar-refractivity contribution >= 4 is 11.8 Å². The molecule has 20 heavy (non-hydrogen) atoms. The second-order valence-corrected chi connectivity index (χ2v) is 5.85. The Hall–Kier alpha value is -1.10. The Bertz CT molecular complexity index is 351. The molecule has 0 radical (unpaired) electrons. The fourth-order valence-electron chi connectivity index (χ4n) is 3.08. The number of hydrogen-bond donors (Lipinski definition) is 1. The lowest BCUT2D eigenvalue weighted by atomic mass is 9.96. The molecule has 1 N–H and O–H groups in total. The van der Waals surface area contributed by atoms with E-state index in [9.17, 15) is 9.59 Å². The van der Waals surface area contributed by atoms with E-state index in [-0.39, 0.29) is 11.8 Å². The topological polar surface area (TPSA) is 58.6 Å². The van der Waals surface area contributed by atoms with E-state index >= 15 is 0 Å². The van der Waals surface area contributed by atoms with Crippen molar-refractivity contribution in [1.29, 1.82) is 0 Å². The molecule has 0 aromatic carbocycles. The van der Waals surface area contributed by atoms with E-state index in [1.54, 1.807) is 0 Å². The van der Waals surface area contributed by atoms with Crippen molar-refractivity contribution in [3.8, 4) is 0 Å². The molecule has 0 atom stereocenters. The van der Waals surface area contributed by atoms with E-state index in [1.165, 1.54) is 0 Å². The number of carbonyl (C=O) groups excluding carboxylic acids is 2. The third-order valence-electron chi connectivity index (χ3n) is 4.29. The minimum Gasteiger partial charge on any atom is -0.380 e. The van der Waals surface area contributed by atoms with Gasteiger partial charge in [-0.1, -0.05) is 26.2 Å². The molecule has 5 heteroatoms. The number of nitrogens with zero attached hydrogens (tertiary/aromatic N) is 1. The number of rotatable bonds is 6. The predicted octanol–water partition coefficient (Wildman–Crippen LogP) is 1.46. The van der Waals surface area contributed by atoms with Crippen molar-refractivity contribution in [3.63, 3.8) is 0 Å². The largest absolute Gasteiger partial charge is 0.380 e. The first-order chi connectivity index (χ1) is 9.68. The Morgan fingerprint density at radius 3 is 2.70 bits per heavy atom. The smallest absolute Gasteiger partial charge is 0.248 e. The van der Waals surface area contributed by atoms with Crippen molar-refractivity contribution < 1.29 is 14.3 Å². The highest BCUT2D eigenvalue weighted by atomic mass is 16.5. The van der Waals surface area contributed by atoms with Gasteiger partial charge in [-0.05, 0) is 19.3 Å². The number of amides is 2. The zero-order valence-corrected chi connectivity index (χ0v) is 12.5. The van der Waals surface area contributed by atoms with E-state index in [1.807, 2.05) is 4.90 Å². The van der Waals surface area contributed by atoms with Crippen molar-refractivity contribution in [1.82, 2.24) is 10.2 Å². The molecule has 2 rings (SSSR count). The Kier molecular flexibility index (Phi) is 5.40. The molecule has 1 aliphatic heterocycles. The molecular weight excluding hydrogens is 256 g/mol. The molecule has 2 aliphatic rings. The summed E-state index contributed by atoms with van der Waals surface area (Å²) in [6.07, 6.45) is 6.18. The zero-order valence-electron chi connectivity index (χ0n) is 12.5. The summed E-state index contributed by atoms with van der Waals surface area (Å²) in [6, 6.07) is 0. The summed E-state index contributed by atoms with van der Waals surface area (Å²) in [5.74, 6) is 0.106. The van der Waals surface area contributed by atoms with Gasteiger partial charge in [-0.15, -0.1) is 0 Å². The summed E-state index contributed by atoms with van der Waals surface area (Å²) in [6.45, 7) is 4.56.